The Bertz CT molecular complexity index is 938. The molecule has 1 aromatic carbocycles. The number of hydrogen-bond donors (Lipinski definition) is 2. The van der Waals surface area contributed by atoms with Crippen molar-refractivity contribution in [3.05, 3.63) is 52.8 Å². The average molecular weight is 321 g/mol. The molecular weight excluding hydrogens is 306 g/mol. The topological polar surface area (TPSA) is 99.2 Å². The van der Waals surface area contributed by atoms with E-state index in [1.807, 2.05) is 0 Å². The molecule has 2 N–H and O–H groups in total. The molecule has 116 valence electrons. The maximum atomic E-state index is 12.5. The van der Waals surface area contributed by atoms with E-state index >= 15 is 0 Å². The Hall–Kier alpha value is -2.32. The van der Waals surface area contributed by atoms with Crippen LogP contribution in [0.25, 0.3) is 11.0 Å². The first kappa shape index (κ1) is 14.6. The standard InChI is InChI=1S/C14H15N3O4S/c1-17(7-6-10-3-2-8-21-10)22(19,20)11-4-5-12-13(9-11)16-14(18)15-12/h2-5,8-9H,6-7H2,1H3,(H2,15,16,18). The molecule has 0 aliphatic rings. The minimum absolute atomic E-state index is 0.136. The summed E-state index contributed by atoms with van der Waals surface area (Å²) in [5.74, 6) is 0.729. The van der Waals surface area contributed by atoms with E-state index in [4.69, 9.17) is 4.42 Å². The summed E-state index contributed by atoms with van der Waals surface area (Å²) in [5.41, 5.74) is 0.670. The van der Waals surface area contributed by atoms with Crippen molar-refractivity contribution in [3.63, 3.8) is 0 Å². The zero-order valence-electron chi connectivity index (χ0n) is 11.9. The number of benzene rings is 1. The van der Waals surface area contributed by atoms with Gasteiger partial charge in [-0.15, -0.1) is 0 Å². The molecule has 2 heterocycles. The molecule has 7 nitrogen and oxygen atoms in total. The van der Waals surface area contributed by atoms with Crippen molar-refractivity contribution in [2.24, 2.45) is 0 Å². The van der Waals surface area contributed by atoms with Gasteiger partial charge in [0.05, 0.1) is 22.2 Å². The van der Waals surface area contributed by atoms with Crippen LogP contribution in [0.1, 0.15) is 5.76 Å². The Kier molecular flexibility index (Phi) is 3.63. The van der Waals surface area contributed by atoms with Gasteiger partial charge in [0, 0.05) is 20.0 Å². The van der Waals surface area contributed by atoms with Crippen molar-refractivity contribution < 1.29 is 12.8 Å². The fourth-order valence-electron chi connectivity index (χ4n) is 2.19. The molecule has 0 saturated heterocycles. The van der Waals surface area contributed by atoms with Crippen LogP contribution in [0, 0.1) is 0 Å². The monoisotopic (exact) mass is 321 g/mol. The van der Waals surface area contributed by atoms with E-state index in [9.17, 15) is 13.2 Å². The SMILES string of the molecule is CN(CCc1ccco1)S(=O)(=O)c1ccc2[nH]c(=O)[nH]c2c1. The highest BCUT2D eigenvalue weighted by atomic mass is 32.2. The molecule has 0 aliphatic carbocycles. The van der Waals surface area contributed by atoms with Crippen LogP contribution in [0.3, 0.4) is 0 Å². The van der Waals surface area contributed by atoms with Gasteiger partial charge in [-0.3, -0.25) is 0 Å². The molecule has 3 aromatic rings. The Morgan fingerprint density at radius 1 is 1.18 bits per heavy atom. The predicted molar refractivity (Wildman–Crippen MR) is 81.1 cm³/mol. The van der Waals surface area contributed by atoms with Gasteiger partial charge in [0.25, 0.3) is 0 Å². The van der Waals surface area contributed by atoms with E-state index in [0.29, 0.717) is 24.0 Å². The molecule has 0 unspecified atom stereocenters. The third-order valence-corrected chi connectivity index (χ3v) is 5.30. The number of aromatic amines is 2. The number of imidazole rings is 1. The molecule has 3 rings (SSSR count). The van der Waals surface area contributed by atoms with Gasteiger partial charge in [0.2, 0.25) is 10.0 Å². The average Bonchev–Trinajstić information content (AvgIpc) is 3.11. The molecule has 0 atom stereocenters. The fourth-order valence-corrected chi connectivity index (χ4v) is 3.39. The van der Waals surface area contributed by atoms with E-state index < -0.39 is 10.0 Å². The molecule has 0 amide bonds. The van der Waals surface area contributed by atoms with Crippen LogP contribution in [0.5, 0.6) is 0 Å². The highest BCUT2D eigenvalue weighted by molar-refractivity contribution is 7.89. The van der Waals surface area contributed by atoms with E-state index in [1.54, 1.807) is 24.5 Å². The van der Waals surface area contributed by atoms with Gasteiger partial charge >= 0.3 is 5.69 Å². The molecule has 2 aromatic heterocycles. The van der Waals surface area contributed by atoms with E-state index in [-0.39, 0.29) is 10.6 Å². The molecule has 0 saturated carbocycles. The van der Waals surface area contributed by atoms with Gasteiger partial charge in [-0.1, -0.05) is 0 Å². The zero-order chi connectivity index (χ0) is 15.7. The number of nitrogens with zero attached hydrogens (tertiary/aromatic N) is 1. The first-order chi connectivity index (χ1) is 10.5. The summed E-state index contributed by atoms with van der Waals surface area (Å²) in [5, 5.41) is 0. The Balaban J connectivity index is 1.84. The summed E-state index contributed by atoms with van der Waals surface area (Å²) in [6.07, 6.45) is 2.05. The lowest BCUT2D eigenvalue weighted by molar-refractivity contribution is 0.441. The summed E-state index contributed by atoms with van der Waals surface area (Å²) in [6, 6.07) is 8.06. The smallest absolute Gasteiger partial charge is 0.323 e. The quantitative estimate of drug-likeness (QED) is 0.740. The summed E-state index contributed by atoms with van der Waals surface area (Å²) in [6.45, 7) is 0.303. The summed E-state index contributed by atoms with van der Waals surface area (Å²) in [4.78, 5) is 16.5. The maximum Gasteiger partial charge on any atom is 0.323 e. The minimum Gasteiger partial charge on any atom is -0.469 e. The van der Waals surface area contributed by atoms with Crippen molar-refractivity contribution >= 4 is 21.1 Å². The van der Waals surface area contributed by atoms with E-state index in [1.165, 1.54) is 23.5 Å². The van der Waals surface area contributed by atoms with Crippen LogP contribution >= 0.6 is 0 Å². The number of likely N-dealkylation sites (N-methyl/N-ethyl adjacent to an activating group) is 1. The second kappa shape index (κ2) is 5.47. The molecule has 0 aliphatic heterocycles. The van der Waals surface area contributed by atoms with Crippen molar-refractivity contribution in [1.29, 1.82) is 0 Å². The first-order valence-corrected chi connectivity index (χ1v) is 8.11. The molecule has 0 spiro atoms. The van der Waals surface area contributed by atoms with Gasteiger partial charge in [-0.05, 0) is 30.3 Å². The van der Waals surface area contributed by atoms with Gasteiger partial charge in [-0.25, -0.2) is 17.5 Å². The number of fused-ring (bicyclic) bond motifs is 1. The van der Waals surface area contributed by atoms with E-state index in [2.05, 4.69) is 9.97 Å². The second-order valence-electron chi connectivity index (χ2n) is 4.94. The van der Waals surface area contributed by atoms with Crippen molar-refractivity contribution in [1.82, 2.24) is 14.3 Å². The predicted octanol–water partition coefficient (Wildman–Crippen LogP) is 1.31. The molecule has 8 heteroatoms. The Labute approximate surface area is 126 Å². The lowest BCUT2D eigenvalue weighted by Crippen LogP contribution is -2.29. The number of sulfonamides is 1. The van der Waals surface area contributed by atoms with Gasteiger partial charge in [0.1, 0.15) is 5.76 Å². The molecular formula is C14H15N3O4S. The number of aromatic nitrogens is 2. The van der Waals surface area contributed by atoms with Gasteiger partial charge in [0.15, 0.2) is 0 Å². The maximum absolute atomic E-state index is 12.5. The van der Waals surface area contributed by atoms with Crippen LogP contribution in [0.4, 0.5) is 0 Å². The summed E-state index contributed by atoms with van der Waals surface area (Å²) >= 11 is 0. The van der Waals surface area contributed by atoms with Crippen molar-refractivity contribution in [2.45, 2.75) is 11.3 Å². The summed E-state index contributed by atoms with van der Waals surface area (Å²) < 4.78 is 31.5. The Morgan fingerprint density at radius 2 is 1.95 bits per heavy atom. The Morgan fingerprint density at radius 3 is 2.68 bits per heavy atom. The third-order valence-electron chi connectivity index (χ3n) is 3.45. The van der Waals surface area contributed by atoms with Crippen molar-refractivity contribution in [3.8, 4) is 0 Å². The number of furan rings is 1. The fraction of sp³-hybridized carbons (Fsp3) is 0.214. The molecule has 0 bridgehead atoms. The molecule has 0 fully saturated rings. The van der Waals surface area contributed by atoms with Crippen LogP contribution in [0.15, 0.2) is 50.7 Å². The number of rotatable bonds is 5. The van der Waals surface area contributed by atoms with Crippen LogP contribution in [-0.2, 0) is 16.4 Å². The number of hydrogen-bond acceptors (Lipinski definition) is 4. The van der Waals surface area contributed by atoms with Crippen LogP contribution in [0.2, 0.25) is 0 Å². The molecule has 22 heavy (non-hydrogen) atoms. The lowest BCUT2D eigenvalue weighted by atomic mass is 10.3. The first-order valence-electron chi connectivity index (χ1n) is 6.67. The summed E-state index contributed by atoms with van der Waals surface area (Å²) in [7, 11) is -2.10. The largest absolute Gasteiger partial charge is 0.469 e. The minimum atomic E-state index is -3.62. The number of nitrogens with one attached hydrogen (secondary N) is 2. The second-order valence-corrected chi connectivity index (χ2v) is 6.99. The zero-order valence-corrected chi connectivity index (χ0v) is 12.7. The van der Waals surface area contributed by atoms with Crippen LogP contribution in [-0.4, -0.2) is 36.3 Å². The third kappa shape index (κ3) is 2.70. The number of H-pyrrole nitrogens is 2. The normalized spacial score (nSPS) is 12.3. The van der Waals surface area contributed by atoms with Crippen molar-refractivity contribution in [2.75, 3.05) is 13.6 Å². The molecule has 0 radical (unpaired) electrons. The lowest BCUT2D eigenvalue weighted by Gasteiger charge is -2.16. The van der Waals surface area contributed by atoms with Crippen LogP contribution < -0.4 is 5.69 Å². The highest BCUT2D eigenvalue weighted by Gasteiger charge is 2.21. The van der Waals surface area contributed by atoms with E-state index in [0.717, 1.165) is 5.76 Å². The highest BCUT2D eigenvalue weighted by Crippen LogP contribution is 2.18. The van der Waals surface area contributed by atoms with Gasteiger partial charge < -0.3 is 14.4 Å². The van der Waals surface area contributed by atoms with Gasteiger partial charge in [-0.2, -0.15) is 0 Å².